The fourth-order valence-corrected chi connectivity index (χ4v) is 2.01. The molecule has 0 spiro atoms. The smallest absolute Gasteiger partial charge is 0.215 e. The Bertz CT molecular complexity index is 1030. The van der Waals surface area contributed by atoms with E-state index < -0.39 is 45.9 Å². The molecule has 0 saturated heterocycles. The summed E-state index contributed by atoms with van der Waals surface area (Å²) in [6, 6.07) is -2.02. The van der Waals surface area contributed by atoms with Crippen LogP contribution in [0.2, 0.25) is 0 Å². The van der Waals surface area contributed by atoms with E-state index >= 15 is 0 Å². The highest BCUT2D eigenvalue weighted by Gasteiger charge is 2.11. The number of aromatic amines is 1. The van der Waals surface area contributed by atoms with Gasteiger partial charge in [0.2, 0.25) is 10.0 Å². The van der Waals surface area contributed by atoms with Gasteiger partial charge in [-0.2, -0.15) is 0 Å². The van der Waals surface area contributed by atoms with Gasteiger partial charge in [0, 0.05) is 29.1 Å². The summed E-state index contributed by atoms with van der Waals surface area (Å²) in [4.78, 5) is 3.80. The second-order valence-corrected chi connectivity index (χ2v) is 5.89. The molecule has 0 aliphatic rings. The van der Waals surface area contributed by atoms with Crippen LogP contribution in [-0.2, 0) is 22.1 Å². The third-order valence-electron chi connectivity index (χ3n) is 2.53. The van der Waals surface area contributed by atoms with E-state index in [0.717, 1.165) is 7.05 Å². The molecule has 0 aliphatic carbocycles. The lowest BCUT2D eigenvalue weighted by molar-refractivity contribution is 0.414. The van der Waals surface area contributed by atoms with E-state index in [1.165, 1.54) is 19.0 Å². The summed E-state index contributed by atoms with van der Waals surface area (Å²) in [5.41, 5.74) is -4.11. The number of sulfonamides is 1. The zero-order valence-corrected chi connectivity index (χ0v) is 12.2. The van der Waals surface area contributed by atoms with Crippen LogP contribution in [0, 0.1) is 0 Å². The molecule has 0 atom stereocenters. The number of aromatic nitrogens is 1. The lowest BCUT2D eigenvalue weighted by Gasteiger charge is -2.08. The topological polar surface area (TPSA) is 65.2 Å². The third kappa shape index (κ3) is 3.59. The quantitative estimate of drug-likeness (QED) is 0.846. The highest BCUT2D eigenvalue weighted by molar-refractivity contribution is 7.88. The van der Waals surface area contributed by atoms with Gasteiger partial charge >= 0.3 is 0 Å². The van der Waals surface area contributed by atoms with Crippen LogP contribution in [0.15, 0.2) is 24.3 Å². The largest absolute Gasteiger partial charge is 0.361 e. The molecule has 1 aromatic heterocycles. The Morgan fingerprint density at radius 3 is 2.85 bits per heavy atom. The molecule has 2 N–H and O–H groups in total. The number of hydrogen-bond acceptors (Lipinski definition) is 3. The molecule has 5 nitrogen and oxygen atoms in total. The van der Waals surface area contributed by atoms with Gasteiger partial charge in [0.25, 0.3) is 0 Å². The van der Waals surface area contributed by atoms with E-state index in [1.807, 2.05) is 4.72 Å². The van der Waals surface area contributed by atoms with Crippen molar-refractivity contribution in [3.63, 3.8) is 0 Å². The number of benzene rings is 1. The standard InChI is InChI=1S/C14H21N3O2S/c1-15-20(18,19)10-11-4-5-14-13(8-11)12(9-16-14)6-7-17(2)3/h4-5,8-9,15-16H,6-7,10H2,1-3H3/i4D,5D,7D2,8D,9D,10D2. The van der Waals surface area contributed by atoms with E-state index in [0.29, 0.717) is 0 Å². The monoisotopic (exact) mass is 303 g/mol. The van der Waals surface area contributed by atoms with Crippen molar-refractivity contribution in [2.75, 3.05) is 27.6 Å². The molecule has 0 saturated carbocycles. The summed E-state index contributed by atoms with van der Waals surface area (Å²) < 4.78 is 90.9. The Kier molecular flexibility index (Phi) is 2.26. The number of H-pyrrole nitrogens is 1. The van der Waals surface area contributed by atoms with Crippen molar-refractivity contribution in [1.29, 1.82) is 0 Å². The van der Waals surface area contributed by atoms with Crippen molar-refractivity contribution in [3.05, 3.63) is 35.4 Å². The zero-order chi connectivity index (χ0) is 21.8. The van der Waals surface area contributed by atoms with Crippen LogP contribution >= 0.6 is 0 Å². The van der Waals surface area contributed by atoms with Crippen LogP contribution in [0.3, 0.4) is 0 Å². The van der Waals surface area contributed by atoms with E-state index in [1.54, 1.807) is 0 Å². The molecule has 0 bridgehead atoms. The SMILES string of the molecule is [2H]c1[nH]c2c([2H])c([2H])c(C([2H])([2H])S(=O)(=O)NC)c([2H])c2c1CC([2H])([2H])N(C)C. The molecule has 20 heavy (non-hydrogen) atoms. The van der Waals surface area contributed by atoms with Crippen molar-refractivity contribution < 1.29 is 19.4 Å². The molecule has 0 radical (unpaired) electrons. The molecule has 110 valence electrons. The first-order valence-electron chi connectivity index (χ1n) is 9.82. The second kappa shape index (κ2) is 5.95. The maximum absolute atomic E-state index is 12.2. The zero-order valence-electron chi connectivity index (χ0n) is 19.4. The normalized spacial score (nSPS) is 19.6. The summed E-state index contributed by atoms with van der Waals surface area (Å²) in [6.07, 6.45) is -0.640. The molecule has 2 aromatic rings. The van der Waals surface area contributed by atoms with Crippen LogP contribution in [0.5, 0.6) is 0 Å². The van der Waals surface area contributed by atoms with Crippen molar-refractivity contribution in [2.45, 2.75) is 12.1 Å². The summed E-state index contributed by atoms with van der Waals surface area (Å²) in [6.45, 7) is -1.92. The van der Waals surface area contributed by atoms with Gasteiger partial charge in [-0.05, 0) is 50.8 Å². The maximum atomic E-state index is 12.2. The van der Waals surface area contributed by atoms with E-state index in [9.17, 15) is 8.42 Å². The molecule has 0 fully saturated rings. The first-order valence-corrected chi connectivity index (χ1v) is 7.30. The van der Waals surface area contributed by atoms with Crippen LogP contribution in [0.4, 0.5) is 0 Å². The predicted molar refractivity (Wildman–Crippen MR) is 82.2 cm³/mol. The van der Waals surface area contributed by atoms with Gasteiger partial charge in [-0.1, -0.05) is 6.04 Å². The molecule has 6 heteroatoms. The number of nitrogens with one attached hydrogen (secondary N) is 2. The number of aryl methyl sites for hydroxylation is 1. The second-order valence-electron chi connectivity index (χ2n) is 4.27. The Balaban J connectivity index is 2.93. The minimum absolute atomic E-state index is 0.00565. The van der Waals surface area contributed by atoms with Crippen molar-refractivity contribution in [2.24, 2.45) is 0 Å². The average Bonchev–Trinajstić information content (AvgIpc) is 2.89. The highest BCUT2D eigenvalue weighted by Crippen LogP contribution is 2.21. The fourth-order valence-electron chi connectivity index (χ4n) is 1.53. The predicted octanol–water partition coefficient (Wildman–Crippen LogP) is 1.32. The number of nitrogens with zero attached hydrogens (tertiary/aromatic N) is 1. The molecule has 1 heterocycles. The van der Waals surface area contributed by atoms with Gasteiger partial charge in [-0.15, -0.1) is 0 Å². The van der Waals surface area contributed by atoms with E-state index in [2.05, 4.69) is 4.98 Å². The molecule has 1 aromatic carbocycles. The Morgan fingerprint density at radius 1 is 1.45 bits per heavy atom. The van der Waals surface area contributed by atoms with Gasteiger partial charge in [-0.3, -0.25) is 0 Å². The Hall–Kier alpha value is -1.37. The van der Waals surface area contributed by atoms with Gasteiger partial charge in [0.1, 0.15) is 0 Å². The first kappa shape index (κ1) is 7.59. The lowest BCUT2D eigenvalue weighted by atomic mass is 10.1. The number of likely N-dealkylation sites (N-methyl/N-ethyl adjacent to an activating group) is 1. The summed E-state index contributed by atoms with van der Waals surface area (Å²) in [5, 5.41) is -0.137. The molecule has 0 aliphatic heterocycles. The van der Waals surface area contributed by atoms with Crippen LogP contribution in [0.1, 0.15) is 22.1 Å². The Morgan fingerprint density at radius 2 is 2.20 bits per heavy atom. The minimum Gasteiger partial charge on any atom is -0.361 e. The molecular weight excluding hydrogens is 274 g/mol. The summed E-state index contributed by atoms with van der Waals surface area (Å²) in [7, 11) is -0.644. The maximum Gasteiger partial charge on any atom is 0.215 e. The lowest BCUT2D eigenvalue weighted by Crippen LogP contribution is -2.20. The van der Waals surface area contributed by atoms with Gasteiger partial charge in [0.05, 0.1) is 11.2 Å². The number of rotatable bonds is 6. The highest BCUT2D eigenvalue weighted by atomic mass is 32.2. The van der Waals surface area contributed by atoms with E-state index in [-0.39, 0.29) is 29.1 Å². The number of fused-ring (bicyclic) bond motifs is 1. The third-order valence-corrected chi connectivity index (χ3v) is 3.54. The minimum atomic E-state index is -4.62. The Labute approximate surface area is 131 Å². The molecule has 2 rings (SSSR count). The van der Waals surface area contributed by atoms with Crippen molar-refractivity contribution in [3.8, 4) is 0 Å². The van der Waals surface area contributed by atoms with Crippen LogP contribution in [-0.4, -0.2) is 45.9 Å². The van der Waals surface area contributed by atoms with Crippen LogP contribution in [0.25, 0.3) is 10.9 Å². The van der Waals surface area contributed by atoms with Crippen molar-refractivity contribution >= 4 is 20.9 Å². The molecule has 0 amide bonds. The molecule has 0 unspecified atom stereocenters. The average molecular weight is 303 g/mol. The van der Waals surface area contributed by atoms with Gasteiger partial charge in [0.15, 0.2) is 0 Å². The summed E-state index contributed by atoms with van der Waals surface area (Å²) in [5.74, 6) is 0. The molecular formula is C14H21N3O2S. The number of hydrogen-bond donors (Lipinski definition) is 2. The van der Waals surface area contributed by atoms with Crippen LogP contribution < -0.4 is 4.72 Å². The fraction of sp³-hybridized carbons (Fsp3) is 0.429. The first-order chi connectivity index (χ1) is 12.6. The van der Waals surface area contributed by atoms with E-state index in [4.69, 9.17) is 11.0 Å². The summed E-state index contributed by atoms with van der Waals surface area (Å²) >= 11 is 0. The van der Waals surface area contributed by atoms with Crippen molar-refractivity contribution in [1.82, 2.24) is 14.6 Å². The van der Waals surface area contributed by atoms with Gasteiger partial charge in [-0.25, -0.2) is 13.1 Å². The van der Waals surface area contributed by atoms with Gasteiger partial charge < -0.3 is 9.88 Å².